The summed E-state index contributed by atoms with van der Waals surface area (Å²) >= 11 is 1.64. The second-order valence-corrected chi connectivity index (χ2v) is 8.32. The van der Waals surface area contributed by atoms with E-state index in [1.807, 2.05) is 20.1 Å². The number of hydrogen-bond donors (Lipinski definition) is 3. The Bertz CT molecular complexity index is 349. The quantitative estimate of drug-likeness (QED) is 0.521. The molecule has 0 unspecified atom stereocenters. The van der Waals surface area contributed by atoms with Gasteiger partial charge in [-0.1, -0.05) is 46.0 Å². The second kappa shape index (κ2) is 12.0. The molecule has 0 aromatic rings. The van der Waals surface area contributed by atoms with Gasteiger partial charge in [0, 0.05) is 17.8 Å². The van der Waals surface area contributed by atoms with Crippen molar-refractivity contribution in [1.29, 1.82) is 0 Å². The highest BCUT2D eigenvalue weighted by atomic mass is 32.2. The Kier molecular flexibility index (Phi) is 10.8. The molecule has 0 aliphatic heterocycles. The molecule has 0 heterocycles. The van der Waals surface area contributed by atoms with Crippen LogP contribution < -0.4 is 11.1 Å². The lowest BCUT2D eigenvalue weighted by Crippen LogP contribution is -2.46. The predicted octanol–water partition coefficient (Wildman–Crippen LogP) is 3.15. The molecule has 0 aromatic carbocycles. The standard InChI is InChI=1S/C18H36N2O3S/c1-13(2)16(20-18(22)23-9-10-24-3)12-17(21)15(19)11-14-7-5-4-6-8-14/h13-17,21H,4-12,19H2,1-3H3,(H,20,22)/t15-,16-,17-/m0/s1. The number of alkyl carbamates (subject to hydrolysis) is 1. The summed E-state index contributed by atoms with van der Waals surface area (Å²) in [6.07, 6.45) is 8.68. The first-order chi connectivity index (χ1) is 11.4. The lowest BCUT2D eigenvalue weighted by molar-refractivity contribution is 0.0944. The van der Waals surface area contributed by atoms with Gasteiger partial charge >= 0.3 is 6.09 Å². The number of aliphatic hydroxyl groups excluding tert-OH is 1. The monoisotopic (exact) mass is 360 g/mol. The number of carbonyl (C=O) groups is 1. The van der Waals surface area contributed by atoms with Gasteiger partial charge in [-0.3, -0.25) is 0 Å². The summed E-state index contributed by atoms with van der Waals surface area (Å²) < 4.78 is 5.14. The molecule has 24 heavy (non-hydrogen) atoms. The third-order valence-corrected chi connectivity index (χ3v) is 5.52. The first-order valence-corrected chi connectivity index (χ1v) is 10.7. The summed E-state index contributed by atoms with van der Waals surface area (Å²) in [5, 5.41) is 13.4. The average molecular weight is 361 g/mol. The van der Waals surface area contributed by atoms with Crippen molar-refractivity contribution >= 4 is 17.9 Å². The molecule has 0 bridgehead atoms. The van der Waals surface area contributed by atoms with Gasteiger partial charge < -0.3 is 20.9 Å². The Morgan fingerprint density at radius 3 is 2.58 bits per heavy atom. The Morgan fingerprint density at radius 1 is 1.33 bits per heavy atom. The molecule has 6 heteroatoms. The van der Waals surface area contributed by atoms with Crippen LogP contribution in [-0.2, 0) is 4.74 Å². The van der Waals surface area contributed by atoms with Crippen molar-refractivity contribution in [2.75, 3.05) is 18.6 Å². The molecule has 5 nitrogen and oxygen atoms in total. The van der Waals surface area contributed by atoms with E-state index in [0.29, 0.717) is 18.9 Å². The third-order valence-electron chi connectivity index (χ3n) is 4.95. The SMILES string of the molecule is CSCCOC(=O)N[C@@H](C[C@H](O)[C@@H](N)CC1CCCCC1)C(C)C. The first kappa shape index (κ1) is 21.6. The van der Waals surface area contributed by atoms with Crippen molar-refractivity contribution in [3.05, 3.63) is 0 Å². The molecule has 3 atom stereocenters. The van der Waals surface area contributed by atoms with Crippen molar-refractivity contribution in [2.45, 2.75) is 77.0 Å². The van der Waals surface area contributed by atoms with E-state index in [0.717, 1.165) is 12.2 Å². The average Bonchev–Trinajstić information content (AvgIpc) is 2.55. The number of hydrogen-bond acceptors (Lipinski definition) is 5. The Hall–Kier alpha value is -0.460. The number of ether oxygens (including phenoxy) is 1. The largest absolute Gasteiger partial charge is 0.449 e. The van der Waals surface area contributed by atoms with Gasteiger partial charge in [-0.25, -0.2) is 4.79 Å². The van der Waals surface area contributed by atoms with Gasteiger partial charge in [0.25, 0.3) is 0 Å². The molecular formula is C18H36N2O3S. The molecule has 4 N–H and O–H groups in total. The zero-order valence-electron chi connectivity index (χ0n) is 15.5. The highest BCUT2D eigenvalue weighted by Crippen LogP contribution is 2.28. The minimum absolute atomic E-state index is 0.126. The lowest BCUT2D eigenvalue weighted by atomic mass is 9.83. The molecule has 142 valence electrons. The maximum atomic E-state index is 11.8. The molecule has 0 spiro atoms. The number of nitrogens with one attached hydrogen (secondary N) is 1. The Labute approximate surface area is 151 Å². The number of thioether (sulfide) groups is 1. The summed E-state index contributed by atoms with van der Waals surface area (Å²) in [5.41, 5.74) is 6.23. The highest BCUT2D eigenvalue weighted by Gasteiger charge is 2.26. The van der Waals surface area contributed by atoms with Gasteiger partial charge in [0.2, 0.25) is 0 Å². The summed E-state index contributed by atoms with van der Waals surface area (Å²) in [4.78, 5) is 11.8. The van der Waals surface area contributed by atoms with Gasteiger partial charge in [0.1, 0.15) is 6.61 Å². The zero-order valence-corrected chi connectivity index (χ0v) is 16.3. The van der Waals surface area contributed by atoms with Crippen molar-refractivity contribution in [2.24, 2.45) is 17.6 Å². The van der Waals surface area contributed by atoms with Crippen LogP contribution in [0.2, 0.25) is 0 Å². The van der Waals surface area contributed by atoms with Gasteiger partial charge in [0.15, 0.2) is 0 Å². The van der Waals surface area contributed by atoms with Crippen LogP contribution in [0.3, 0.4) is 0 Å². The van der Waals surface area contributed by atoms with Crippen LogP contribution in [0.15, 0.2) is 0 Å². The maximum Gasteiger partial charge on any atom is 0.407 e. The molecular weight excluding hydrogens is 324 g/mol. The first-order valence-electron chi connectivity index (χ1n) is 9.29. The molecule has 1 amide bonds. The number of amides is 1. The number of nitrogens with two attached hydrogens (primary N) is 1. The summed E-state index contributed by atoms with van der Waals surface area (Å²) in [7, 11) is 0. The number of carbonyl (C=O) groups excluding carboxylic acids is 1. The number of aliphatic hydroxyl groups is 1. The highest BCUT2D eigenvalue weighted by molar-refractivity contribution is 7.98. The van der Waals surface area contributed by atoms with E-state index in [-0.39, 0.29) is 18.0 Å². The molecule has 0 saturated heterocycles. The van der Waals surface area contributed by atoms with Crippen LogP contribution in [0.5, 0.6) is 0 Å². The summed E-state index contributed by atoms with van der Waals surface area (Å²) in [6.45, 7) is 4.47. The van der Waals surface area contributed by atoms with Gasteiger partial charge in [-0.15, -0.1) is 0 Å². The van der Waals surface area contributed by atoms with Crippen LogP contribution in [0, 0.1) is 11.8 Å². The predicted molar refractivity (Wildman–Crippen MR) is 101 cm³/mol. The molecule has 1 fully saturated rings. The van der Waals surface area contributed by atoms with E-state index in [9.17, 15) is 9.90 Å². The topological polar surface area (TPSA) is 84.6 Å². The van der Waals surface area contributed by atoms with E-state index < -0.39 is 12.2 Å². The normalized spacial score (nSPS) is 19.8. The van der Waals surface area contributed by atoms with Crippen LogP contribution in [0.25, 0.3) is 0 Å². The van der Waals surface area contributed by atoms with Crippen molar-refractivity contribution in [3.8, 4) is 0 Å². The molecule has 0 radical (unpaired) electrons. The minimum Gasteiger partial charge on any atom is -0.449 e. The summed E-state index contributed by atoms with van der Waals surface area (Å²) in [5.74, 6) is 1.65. The molecule has 1 saturated carbocycles. The third kappa shape index (κ3) is 8.58. The Balaban J connectivity index is 2.40. The van der Waals surface area contributed by atoms with E-state index in [4.69, 9.17) is 10.5 Å². The maximum absolute atomic E-state index is 11.8. The van der Waals surface area contributed by atoms with E-state index >= 15 is 0 Å². The van der Waals surface area contributed by atoms with Gasteiger partial charge in [-0.05, 0) is 30.9 Å². The molecule has 0 aromatic heterocycles. The fraction of sp³-hybridized carbons (Fsp3) is 0.944. The van der Waals surface area contributed by atoms with Crippen molar-refractivity contribution in [3.63, 3.8) is 0 Å². The molecule has 1 aliphatic carbocycles. The summed E-state index contributed by atoms with van der Waals surface area (Å²) in [6, 6.07) is -0.345. The Morgan fingerprint density at radius 2 is 2.00 bits per heavy atom. The van der Waals surface area contributed by atoms with Crippen LogP contribution in [0.4, 0.5) is 4.79 Å². The zero-order chi connectivity index (χ0) is 17.9. The fourth-order valence-electron chi connectivity index (χ4n) is 3.31. The van der Waals surface area contributed by atoms with Crippen LogP contribution in [-0.4, -0.2) is 48.0 Å². The van der Waals surface area contributed by atoms with Gasteiger partial charge in [0.05, 0.1) is 6.10 Å². The molecule has 1 aliphatic rings. The van der Waals surface area contributed by atoms with E-state index in [1.165, 1.54) is 32.1 Å². The van der Waals surface area contributed by atoms with E-state index in [1.54, 1.807) is 11.8 Å². The van der Waals surface area contributed by atoms with E-state index in [2.05, 4.69) is 5.32 Å². The molecule has 1 rings (SSSR count). The second-order valence-electron chi connectivity index (χ2n) is 7.33. The minimum atomic E-state index is -0.592. The van der Waals surface area contributed by atoms with Crippen LogP contribution >= 0.6 is 11.8 Å². The lowest BCUT2D eigenvalue weighted by Gasteiger charge is -2.30. The van der Waals surface area contributed by atoms with Crippen molar-refractivity contribution < 1.29 is 14.6 Å². The van der Waals surface area contributed by atoms with Crippen LogP contribution in [0.1, 0.15) is 58.8 Å². The van der Waals surface area contributed by atoms with Crippen molar-refractivity contribution in [1.82, 2.24) is 5.32 Å². The smallest absolute Gasteiger partial charge is 0.407 e. The fourth-order valence-corrected chi connectivity index (χ4v) is 3.56. The van der Waals surface area contributed by atoms with Gasteiger partial charge in [-0.2, -0.15) is 11.8 Å². The number of rotatable bonds is 10.